The summed E-state index contributed by atoms with van der Waals surface area (Å²) < 4.78 is 28.8. The molecule has 2 heterocycles. The molecule has 5 rings (SSSR count). The van der Waals surface area contributed by atoms with Crippen LogP contribution in [0, 0.1) is 17.0 Å². The highest BCUT2D eigenvalue weighted by Crippen LogP contribution is 2.45. The van der Waals surface area contributed by atoms with Crippen LogP contribution >= 0.6 is 11.8 Å². The number of carbonyl (C=O) groups excluding carboxylic acids is 1. The summed E-state index contributed by atoms with van der Waals surface area (Å²) in [6.45, 7) is 4.14. The smallest absolute Gasteiger partial charge is 0.227 e. The molecule has 0 saturated heterocycles. The largest absolute Gasteiger partial charge is 0.328 e. The average Bonchev–Trinajstić information content (AvgIpc) is 3.13. The van der Waals surface area contributed by atoms with E-state index in [1.165, 1.54) is 36.0 Å². The third kappa shape index (κ3) is 3.95. The molecule has 32 heavy (non-hydrogen) atoms. The molecule has 0 radical (unpaired) electrons. The summed E-state index contributed by atoms with van der Waals surface area (Å²) in [6, 6.07) is 12.1. The summed E-state index contributed by atoms with van der Waals surface area (Å²) in [6.07, 6.45) is 1.15. The first-order valence-electron chi connectivity index (χ1n) is 10.4. The number of Topliss-reactive ketones (excluding diaryl/α,β-unsaturated/α-hetero) is 1. The Morgan fingerprint density at radius 3 is 2.66 bits per heavy atom. The molecule has 0 saturated carbocycles. The summed E-state index contributed by atoms with van der Waals surface area (Å²) in [5.74, 6) is 0.509. The Labute approximate surface area is 188 Å². The Morgan fingerprint density at radius 2 is 1.91 bits per heavy atom. The number of aromatic nitrogens is 3. The number of rotatable bonds is 4. The first-order valence-corrected chi connectivity index (χ1v) is 11.4. The van der Waals surface area contributed by atoms with E-state index in [1.54, 1.807) is 22.9 Å². The molecule has 8 heteroatoms. The van der Waals surface area contributed by atoms with Crippen LogP contribution in [0.25, 0.3) is 0 Å². The van der Waals surface area contributed by atoms with Crippen molar-refractivity contribution in [2.75, 3.05) is 5.32 Å². The van der Waals surface area contributed by atoms with E-state index in [0.717, 1.165) is 16.8 Å². The normalized spacial score (nSPS) is 19.4. The average molecular weight is 453 g/mol. The Kier molecular flexibility index (Phi) is 5.12. The predicted octanol–water partition coefficient (Wildman–Crippen LogP) is 5.51. The molecule has 0 spiro atoms. The SMILES string of the molecule is CC1(C)CC(=O)C2=C(C1)Nc1nc(SCc3cccc(F)c3)nn1[C@H]2c1ccc(F)cc1. The van der Waals surface area contributed by atoms with Crippen LogP contribution in [0.2, 0.25) is 0 Å². The summed E-state index contributed by atoms with van der Waals surface area (Å²) in [5.41, 5.74) is 2.96. The fourth-order valence-corrected chi connectivity index (χ4v) is 5.15. The molecule has 164 valence electrons. The molecule has 1 aliphatic heterocycles. The highest BCUT2D eigenvalue weighted by molar-refractivity contribution is 7.98. The fraction of sp³-hybridized carbons (Fsp3) is 0.292. The highest BCUT2D eigenvalue weighted by Gasteiger charge is 2.41. The van der Waals surface area contributed by atoms with E-state index in [9.17, 15) is 13.6 Å². The van der Waals surface area contributed by atoms with Gasteiger partial charge < -0.3 is 5.32 Å². The monoisotopic (exact) mass is 452 g/mol. The molecule has 1 aromatic heterocycles. The Bertz CT molecular complexity index is 1230. The number of hydrogen-bond acceptors (Lipinski definition) is 5. The van der Waals surface area contributed by atoms with Gasteiger partial charge in [-0.3, -0.25) is 4.79 Å². The summed E-state index contributed by atoms with van der Waals surface area (Å²) in [4.78, 5) is 17.8. The van der Waals surface area contributed by atoms with Crippen LogP contribution in [0.15, 0.2) is 65.0 Å². The lowest BCUT2D eigenvalue weighted by Crippen LogP contribution is -2.36. The lowest BCUT2D eigenvalue weighted by molar-refractivity contribution is -0.118. The van der Waals surface area contributed by atoms with Crippen LogP contribution in [0.3, 0.4) is 0 Å². The molecule has 3 aromatic rings. The minimum absolute atomic E-state index is 0.0631. The van der Waals surface area contributed by atoms with Crippen molar-refractivity contribution in [3.05, 3.63) is 82.6 Å². The second-order valence-corrected chi connectivity index (χ2v) is 9.94. The van der Waals surface area contributed by atoms with Gasteiger partial charge in [0.15, 0.2) is 5.78 Å². The Morgan fingerprint density at radius 1 is 1.12 bits per heavy atom. The van der Waals surface area contributed by atoms with Crippen molar-refractivity contribution in [2.24, 2.45) is 5.41 Å². The minimum Gasteiger partial charge on any atom is -0.328 e. The number of carbonyl (C=O) groups is 1. The van der Waals surface area contributed by atoms with Gasteiger partial charge in [-0.2, -0.15) is 4.98 Å². The second kappa shape index (κ2) is 7.85. The van der Waals surface area contributed by atoms with Gasteiger partial charge in [0.25, 0.3) is 0 Å². The van der Waals surface area contributed by atoms with Crippen molar-refractivity contribution in [2.45, 2.75) is 43.6 Å². The van der Waals surface area contributed by atoms with E-state index >= 15 is 0 Å². The van der Waals surface area contributed by atoms with Crippen LogP contribution in [-0.4, -0.2) is 20.5 Å². The number of nitrogens with zero attached hydrogens (tertiary/aromatic N) is 3. The van der Waals surface area contributed by atoms with Crippen LogP contribution in [0.1, 0.15) is 43.9 Å². The first-order chi connectivity index (χ1) is 15.3. The van der Waals surface area contributed by atoms with Gasteiger partial charge in [0, 0.05) is 23.4 Å². The number of allylic oxidation sites excluding steroid dienone is 2. The van der Waals surface area contributed by atoms with Crippen LogP contribution < -0.4 is 5.32 Å². The molecule has 0 amide bonds. The number of ketones is 1. The maximum atomic E-state index is 13.6. The number of hydrogen-bond donors (Lipinski definition) is 1. The van der Waals surface area contributed by atoms with Crippen molar-refractivity contribution < 1.29 is 13.6 Å². The van der Waals surface area contributed by atoms with Crippen LogP contribution in [-0.2, 0) is 10.5 Å². The molecule has 1 atom stereocenters. The van der Waals surface area contributed by atoms with Crippen LogP contribution in [0.5, 0.6) is 0 Å². The van der Waals surface area contributed by atoms with Crippen molar-refractivity contribution in [3.63, 3.8) is 0 Å². The van der Waals surface area contributed by atoms with Crippen molar-refractivity contribution in [3.8, 4) is 0 Å². The zero-order chi connectivity index (χ0) is 22.5. The molecule has 1 N–H and O–H groups in total. The molecule has 2 aromatic carbocycles. The number of thioether (sulfide) groups is 1. The van der Waals surface area contributed by atoms with E-state index in [4.69, 9.17) is 0 Å². The summed E-state index contributed by atoms with van der Waals surface area (Å²) in [5, 5.41) is 8.51. The maximum Gasteiger partial charge on any atom is 0.227 e. The number of fused-ring (bicyclic) bond motifs is 1. The highest BCUT2D eigenvalue weighted by atomic mass is 32.2. The molecular weight excluding hydrogens is 430 g/mol. The molecule has 5 nitrogen and oxygen atoms in total. The molecular formula is C24H22F2N4OS. The van der Waals surface area contributed by atoms with Crippen molar-refractivity contribution >= 4 is 23.5 Å². The quantitative estimate of drug-likeness (QED) is 0.529. The van der Waals surface area contributed by atoms with Crippen molar-refractivity contribution in [1.29, 1.82) is 0 Å². The third-order valence-electron chi connectivity index (χ3n) is 5.76. The fourth-order valence-electron chi connectivity index (χ4n) is 4.38. The molecule has 0 unspecified atom stereocenters. The van der Waals surface area contributed by atoms with Gasteiger partial charge in [-0.15, -0.1) is 5.10 Å². The Hall–Kier alpha value is -3.00. The van der Waals surface area contributed by atoms with Gasteiger partial charge in [-0.1, -0.05) is 49.9 Å². The maximum absolute atomic E-state index is 13.6. The van der Waals surface area contributed by atoms with Crippen molar-refractivity contribution in [1.82, 2.24) is 14.8 Å². The summed E-state index contributed by atoms with van der Waals surface area (Å²) >= 11 is 1.40. The van der Waals surface area contributed by atoms with E-state index in [-0.39, 0.29) is 22.8 Å². The minimum atomic E-state index is -0.471. The molecule has 0 bridgehead atoms. The molecule has 1 aliphatic carbocycles. The van der Waals surface area contributed by atoms with E-state index in [1.807, 2.05) is 6.07 Å². The standard InChI is InChI=1S/C24H22F2N4OS/c1-24(2)11-18-20(19(31)12-24)21(15-6-8-16(25)9-7-15)30-22(27-18)28-23(29-30)32-13-14-4-3-5-17(26)10-14/h3-10,21H,11-13H2,1-2H3,(H,27,28,29)/t21-/m0/s1. The number of benzene rings is 2. The van der Waals surface area contributed by atoms with Gasteiger partial charge >= 0.3 is 0 Å². The lowest BCUT2D eigenvalue weighted by atomic mass is 9.73. The number of nitrogens with one attached hydrogen (secondary N) is 1. The van der Waals surface area contributed by atoms with E-state index in [0.29, 0.717) is 35.3 Å². The zero-order valence-electron chi connectivity index (χ0n) is 17.7. The molecule has 0 fully saturated rings. The van der Waals surface area contributed by atoms with Crippen LogP contribution in [0.4, 0.5) is 14.7 Å². The number of anilines is 1. The lowest BCUT2D eigenvalue weighted by Gasteiger charge is -2.38. The third-order valence-corrected chi connectivity index (χ3v) is 6.66. The van der Waals surface area contributed by atoms with Gasteiger partial charge in [-0.25, -0.2) is 13.5 Å². The Balaban J connectivity index is 1.52. The van der Waals surface area contributed by atoms with Gasteiger partial charge in [-0.05, 0) is 47.2 Å². The van der Waals surface area contributed by atoms with E-state index < -0.39 is 6.04 Å². The van der Waals surface area contributed by atoms with Gasteiger partial charge in [0.2, 0.25) is 11.1 Å². The second-order valence-electron chi connectivity index (χ2n) is 8.99. The zero-order valence-corrected chi connectivity index (χ0v) is 18.5. The summed E-state index contributed by atoms with van der Waals surface area (Å²) in [7, 11) is 0. The predicted molar refractivity (Wildman–Crippen MR) is 119 cm³/mol. The van der Waals surface area contributed by atoms with Gasteiger partial charge in [0.05, 0.1) is 0 Å². The number of halogens is 2. The topological polar surface area (TPSA) is 59.8 Å². The van der Waals surface area contributed by atoms with E-state index in [2.05, 4.69) is 29.2 Å². The molecule has 2 aliphatic rings. The first kappa shape index (κ1) is 20.9. The van der Waals surface area contributed by atoms with Gasteiger partial charge in [0.1, 0.15) is 17.7 Å².